The molecule has 27 heavy (non-hydrogen) atoms. The molecule has 0 saturated heterocycles. The van der Waals surface area contributed by atoms with E-state index in [1.165, 1.54) is 0 Å². The molecule has 5 nitrogen and oxygen atoms in total. The van der Waals surface area contributed by atoms with Crippen molar-refractivity contribution in [2.24, 2.45) is 0 Å². The third-order valence-electron chi connectivity index (χ3n) is 4.49. The molecule has 0 amide bonds. The zero-order chi connectivity index (χ0) is 19.2. The van der Waals surface area contributed by atoms with Gasteiger partial charge in [-0.1, -0.05) is 48.5 Å². The van der Waals surface area contributed by atoms with Crippen LogP contribution in [0.5, 0.6) is 5.88 Å². The maximum Gasteiger partial charge on any atom is 0.437 e. The van der Waals surface area contributed by atoms with Crippen LogP contribution in [0.3, 0.4) is 0 Å². The summed E-state index contributed by atoms with van der Waals surface area (Å²) < 4.78 is 43.4. The third-order valence-corrected chi connectivity index (χ3v) is 4.49. The number of rotatable bonds is 2. The average Bonchev–Trinajstić information content (AvgIpc) is 3.18. The molecule has 138 valence electrons. The van der Waals surface area contributed by atoms with E-state index >= 15 is 0 Å². The van der Waals surface area contributed by atoms with Crippen LogP contribution in [0.1, 0.15) is 22.7 Å². The van der Waals surface area contributed by atoms with E-state index in [0.717, 1.165) is 22.3 Å². The fourth-order valence-electron chi connectivity index (χ4n) is 3.30. The molecule has 3 aromatic rings. The second kappa shape index (κ2) is 6.15. The summed E-state index contributed by atoms with van der Waals surface area (Å²) in [5, 5.41) is 12.7. The Hall–Kier alpha value is -3.29. The number of carbonyl (C=O) groups excluding carboxylic acids is 1. The fourth-order valence-corrected chi connectivity index (χ4v) is 3.30. The Morgan fingerprint density at radius 1 is 1.07 bits per heavy atom. The zero-order valence-electron chi connectivity index (χ0n) is 13.8. The third kappa shape index (κ3) is 2.92. The lowest BCUT2D eigenvalue weighted by molar-refractivity contribution is -0.141. The number of nitrogens with zero attached hydrogens (tertiary/aromatic N) is 2. The maximum atomic E-state index is 12.7. The van der Waals surface area contributed by atoms with Gasteiger partial charge in [0.05, 0.1) is 0 Å². The summed E-state index contributed by atoms with van der Waals surface area (Å²) in [6, 6.07) is 15.7. The van der Waals surface area contributed by atoms with Gasteiger partial charge in [-0.05, 0) is 22.3 Å². The zero-order valence-corrected chi connectivity index (χ0v) is 13.8. The van der Waals surface area contributed by atoms with Crippen LogP contribution in [0, 0.1) is 0 Å². The molecule has 0 fully saturated rings. The Balaban J connectivity index is 1.58. The van der Waals surface area contributed by atoms with Gasteiger partial charge in [0, 0.05) is 12.0 Å². The molecule has 1 aliphatic rings. The van der Waals surface area contributed by atoms with Gasteiger partial charge in [0.25, 0.3) is 0 Å². The van der Waals surface area contributed by atoms with Crippen LogP contribution in [0.25, 0.3) is 11.1 Å². The number of aromatic nitrogens is 2. The van der Waals surface area contributed by atoms with E-state index in [1.807, 2.05) is 48.5 Å². The SMILES string of the molecule is O=C(OCC1c2ccccc2-c2ccccc21)n1nc(C(F)(F)F)cc1O. The molecule has 8 heteroatoms. The lowest BCUT2D eigenvalue weighted by Gasteiger charge is -2.14. The normalized spacial score (nSPS) is 13.3. The Morgan fingerprint density at radius 3 is 2.15 bits per heavy atom. The van der Waals surface area contributed by atoms with E-state index in [2.05, 4.69) is 5.10 Å². The summed E-state index contributed by atoms with van der Waals surface area (Å²) >= 11 is 0. The number of hydrogen-bond acceptors (Lipinski definition) is 4. The first-order chi connectivity index (χ1) is 12.9. The van der Waals surface area contributed by atoms with Crippen molar-refractivity contribution < 1.29 is 27.8 Å². The van der Waals surface area contributed by atoms with Crippen molar-refractivity contribution in [2.45, 2.75) is 12.1 Å². The molecule has 1 N–H and O–H groups in total. The molecule has 0 aliphatic heterocycles. The monoisotopic (exact) mass is 374 g/mol. The van der Waals surface area contributed by atoms with E-state index in [0.29, 0.717) is 6.07 Å². The number of alkyl halides is 3. The van der Waals surface area contributed by atoms with Gasteiger partial charge in [0.15, 0.2) is 5.69 Å². The summed E-state index contributed by atoms with van der Waals surface area (Å²) in [5.74, 6) is -1.18. The molecule has 4 rings (SSSR count). The van der Waals surface area contributed by atoms with Gasteiger partial charge >= 0.3 is 12.3 Å². The quantitative estimate of drug-likeness (QED) is 0.722. The van der Waals surface area contributed by atoms with Gasteiger partial charge in [-0.15, -0.1) is 4.68 Å². The summed E-state index contributed by atoms with van der Waals surface area (Å²) in [6.45, 7) is -0.0898. The molecule has 0 bridgehead atoms. The van der Waals surface area contributed by atoms with Gasteiger partial charge < -0.3 is 9.84 Å². The highest BCUT2D eigenvalue weighted by Crippen LogP contribution is 2.44. The maximum absolute atomic E-state index is 12.7. The minimum Gasteiger partial charge on any atom is -0.493 e. The molecule has 0 saturated carbocycles. The first kappa shape index (κ1) is 17.1. The Morgan fingerprint density at radius 2 is 1.63 bits per heavy atom. The predicted molar refractivity (Wildman–Crippen MR) is 89.4 cm³/mol. The van der Waals surface area contributed by atoms with Crippen LogP contribution in [0.15, 0.2) is 54.6 Å². The molecule has 0 spiro atoms. The molecule has 1 heterocycles. The minimum absolute atomic E-state index is 0.0898. The molecule has 0 unspecified atom stereocenters. The largest absolute Gasteiger partial charge is 0.493 e. The lowest BCUT2D eigenvalue weighted by atomic mass is 9.98. The van der Waals surface area contributed by atoms with Crippen LogP contribution < -0.4 is 0 Å². The van der Waals surface area contributed by atoms with E-state index in [-0.39, 0.29) is 17.2 Å². The Bertz CT molecular complexity index is 982. The van der Waals surface area contributed by atoms with Crippen LogP contribution >= 0.6 is 0 Å². The smallest absolute Gasteiger partial charge is 0.437 e. The van der Waals surface area contributed by atoms with E-state index in [4.69, 9.17) is 4.74 Å². The van der Waals surface area contributed by atoms with Gasteiger partial charge in [0.1, 0.15) is 6.61 Å². The van der Waals surface area contributed by atoms with E-state index < -0.39 is 23.8 Å². The summed E-state index contributed by atoms with van der Waals surface area (Å²) in [7, 11) is 0. The highest BCUT2D eigenvalue weighted by Gasteiger charge is 2.36. The lowest BCUT2D eigenvalue weighted by Crippen LogP contribution is -2.19. The number of aromatic hydroxyl groups is 1. The number of benzene rings is 2. The number of hydrogen-bond donors (Lipinski definition) is 1. The second-order valence-corrected chi connectivity index (χ2v) is 6.10. The van der Waals surface area contributed by atoms with Crippen LogP contribution in [0.2, 0.25) is 0 Å². The molecule has 1 aromatic heterocycles. The summed E-state index contributed by atoms with van der Waals surface area (Å²) in [5.41, 5.74) is 2.61. The van der Waals surface area contributed by atoms with Gasteiger partial charge in [-0.2, -0.15) is 18.3 Å². The van der Waals surface area contributed by atoms with Crippen molar-refractivity contribution in [3.8, 4) is 17.0 Å². The van der Waals surface area contributed by atoms with Crippen molar-refractivity contribution in [3.05, 3.63) is 71.4 Å². The summed E-state index contributed by atoms with van der Waals surface area (Å²) in [4.78, 5) is 12.1. The van der Waals surface area contributed by atoms with Crippen LogP contribution in [0.4, 0.5) is 18.0 Å². The number of carbonyl (C=O) groups is 1. The standard InChI is InChI=1S/C19H13F3N2O3/c20-19(21,22)16-9-17(25)24(23-16)18(26)27-10-15-13-7-3-1-5-11(13)12-6-2-4-8-14(12)15/h1-9,15,25H,10H2. The van der Waals surface area contributed by atoms with Gasteiger partial charge in [-0.3, -0.25) is 0 Å². The average molecular weight is 374 g/mol. The molecule has 1 aliphatic carbocycles. The first-order valence-electron chi connectivity index (χ1n) is 8.08. The number of ether oxygens (including phenoxy) is 1. The molecule has 2 aromatic carbocycles. The van der Waals surface area contributed by atoms with Gasteiger partial charge in [-0.25, -0.2) is 4.79 Å². The highest BCUT2D eigenvalue weighted by atomic mass is 19.4. The Labute approximate surface area is 151 Å². The van der Waals surface area contributed by atoms with Crippen molar-refractivity contribution in [2.75, 3.05) is 6.61 Å². The minimum atomic E-state index is -4.77. The molecule has 0 radical (unpaired) electrons. The molecular formula is C19H13F3N2O3. The predicted octanol–water partition coefficient (Wildman–Crippen LogP) is 4.40. The molecular weight excluding hydrogens is 361 g/mol. The second-order valence-electron chi connectivity index (χ2n) is 6.10. The van der Waals surface area contributed by atoms with Gasteiger partial charge in [0.2, 0.25) is 5.88 Å². The fraction of sp³-hybridized carbons (Fsp3) is 0.158. The topological polar surface area (TPSA) is 64.4 Å². The van der Waals surface area contributed by atoms with Crippen LogP contribution in [-0.2, 0) is 10.9 Å². The number of halogens is 3. The Kier molecular flexibility index (Phi) is 3.91. The van der Waals surface area contributed by atoms with Crippen molar-refractivity contribution in [1.29, 1.82) is 0 Å². The van der Waals surface area contributed by atoms with E-state index in [9.17, 15) is 23.1 Å². The van der Waals surface area contributed by atoms with Crippen molar-refractivity contribution in [1.82, 2.24) is 9.78 Å². The van der Waals surface area contributed by atoms with Crippen molar-refractivity contribution >= 4 is 6.09 Å². The van der Waals surface area contributed by atoms with E-state index in [1.54, 1.807) is 0 Å². The summed E-state index contributed by atoms with van der Waals surface area (Å²) in [6.07, 6.45) is -5.95. The highest BCUT2D eigenvalue weighted by molar-refractivity contribution is 5.79. The first-order valence-corrected chi connectivity index (χ1v) is 8.08. The van der Waals surface area contributed by atoms with Crippen LogP contribution in [-0.4, -0.2) is 27.6 Å². The number of fused-ring (bicyclic) bond motifs is 3. The van der Waals surface area contributed by atoms with Crippen molar-refractivity contribution in [3.63, 3.8) is 0 Å². The molecule has 0 atom stereocenters.